The number of aromatic nitrogens is 1. The first-order chi connectivity index (χ1) is 9.58. The highest BCUT2D eigenvalue weighted by atomic mass is 16.1. The van der Waals surface area contributed by atoms with Crippen molar-refractivity contribution in [2.75, 3.05) is 18.4 Å². The third kappa shape index (κ3) is 3.71. The van der Waals surface area contributed by atoms with Gasteiger partial charge in [-0.25, -0.2) is 4.98 Å². The Balaban J connectivity index is 1.98. The third-order valence-electron chi connectivity index (χ3n) is 3.93. The summed E-state index contributed by atoms with van der Waals surface area (Å²) in [5, 5.41) is 6.25. The Morgan fingerprint density at radius 1 is 1.35 bits per heavy atom. The Bertz CT molecular complexity index is 481. The fourth-order valence-electron chi connectivity index (χ4n) is 2.66. The summed E-state index contributed by atoms with van der Waals surface area (Å²) in [6.45, 7) is 7.74. The van der Waals surface area contributed by atoms with Gasteiger partial charge in [-0.15, -0.1) is 0 Å². The van der Waals surface area contributed by atoms with Crippen molar-refractivity contribution in [1.82, 2.24) is 10.3 Å². The van der Waals surface area contributed by atoms with E-state index < -0.39 is 0 Å². The lowest BCUT2D eigenvalue weighted by Gasteiger charge is -2.15. The zero-order valence-electron chi connectivity index (χ0n) is 12.8. The lowest BCUT2D eigenvalue weighted by molar-refractivity contribution is 0.0943. The number of anilines is 1. The quantitative estimate of drug-likeness (QED) is 0.804. The minimum atomic E-state index is 0.0111. The molecule has 1 aromatic heterocycles. The van der Waals surface area contributed by atoms with E-state index in [0.29, 0.717) is 11.0 Å². The minimum Gasteiger partial charge on any atom is -0.370 e. The summed E-state index contributed by atoms with van der Waals surface area (Å²) in [4.78, 5) is 16.6. The van der Waals surface area contributed by atoms with Crippen molar-refractivity contribution in [3.8, 4) is 0 Å². The summed E-state index contributed by atoms with van der Waals surface area (Å²) in [6.07, 6.45) is 4.90. The first-order valence-corrected chi connectivity index (χ1v) is 7.59. The van der Waals surface area contributed by atoms with E-state index in [9.17, 15) is 4.79 Å². The second kappa shape index (κ2) is 6.25. The van der Waals surface area contributed by atoms with Crippen LogP contribution in [0.15, 0.2) is 12.1 Å². The molecular weight excluding hydrogens is 250 g/mol. The molecular formula is C16H25N3O. The largest absolute Gasteiger partial charge is 0.370 e. The molecule has 0 radical (unpaired) electrons. The average molecular weight is 275 g/mol. The number of carbonyl (C=O) groups excluding carboxylic acids is 1. The van der Waals surface area contributed by atoms with Gasteiger partial charge in [0.25, 0.3) is 5.91 Å². The average Bonchev–Trinajstić information content (AvgIpc) is 3.16. The van der Waals surface area contributed by atoms with E-state index in [1.165, 1.54) is 25.7 Å². The maximum absolute atomic E-state index is 12.3. The van der Waals surface area contributed by atoms with Crippen LogP contribution in [-0.2, 0) is 0 Å². The van der Waals surface area contributed by atoms with E-state index in [-0.39, 0.29) is 5.91 Å². The summed E-state index contributed by atoms with van der Waals surface area (Å²) in [6, 6.07) is 3.67. The van der Waals surface area contributed by atoms with Gasteiger partial charge >= 0.3 is 0 Å². The molecule has 2 N–H and O–H groups in total. The Kier molecular flexibility index (Phi) is 4.63. The van der Waals surface area contributed by atoms with Gasteiger partial charge in [0.2, 0.25) is 0 Å². The van der Waals surface area contributed by atoms with Gasteiger partial charge in [0.1, 0.15) is 5.82 Å². The normalized spacial score (nSPS) is 15.8. The minimum absolute atomic E-state index is 0.0111. The molecule has 0 atom stereocenters. The number of nitrogens with zero attached hydrogens (tertiary/aromatic N) is 1. The van der Waals surface area contributed by atoms with Crippen LogP contribution in [0.2, 0.25) is 0 Å². The first kappa shape index (κ1) is 14.8. The number of aryl methyl sites for hydroxylation is 1. The fraction of sp³-hybridized carbons (Fsp3) is 0.625. The van der Waals surface area contributed by atoms with E-state index in [2.05, 4.69) is 22.5 Å². The number of hydrogen-bond donors (Lipinski definition) is 2. The number of carbonyl (C=O) groups is 1. The second-order valence-corrected chi connectivity index (χ2v) is 5.85. The molecule has 1 saturated carbocycles. The van der Waals surface area contributed by atoms with Crippen LogP contribution >= 0.6 is 0 Å². The van der Waals surface area contributed by atoms with Gasteiger partial charge in [0, 0.05) is 24.3 Å². The standard InChI is InChI=1S/C16H25N3O/c1-4-6-16(7-8-16)11-18-15(20)13-9-12(3)19-14(10-13)17-5-2/h9-10H,4-8,11H2,1-3H3,(H,17,19)(H,18,20). The molecule has 1 aromatic rings. The molecule has 1 amide bonds. The van der Waals surface area contributed by atoms with Crippen molar-refractivity contribution in [3.05, 3.63) is 23.4 Å². The van der Waals surface area contributed by atoms with Crippen LogP contribution in [0.4, 0.5) is 5.82 Å². The number of amides is 1. The van der Waals surface area contributed by atoms with Crippen LogP contribution in [0.25, 0.3) is 0 Å². The Morgan fingerprint density at radius 3 is 2.70 bits per heavy atom. The van der Waals surface area contributed by atoms with E-state index >= 15 is 0 Å². The van der Waals surface area contributed by atoms with Gasteiger partial charge in [-0.05, 0) is 50.7 Å². The SMILES string of the molecule is CCCC1(CNC(=O)c2cc(C)nc(NCC)c2)CC1. The molecule has 0 aliphatic heterocycles. The number of pyridine rings is 1. The van der Waals surface area contributed by atoms with E-state index in [1.54, 1.807) is 0 Å². The van der Waals surface area contributed by atoms with Gasteiger partial charge in [0.05, 0.1) is 0 Å². The number of hydrogen-bond acceptors (Lipinski definition) is 3. The Labute approximate surface area is 121 Å². The molecule has 4 heteroatoms. The molecule has 110 valence electrons. The highest BCUT2D eigenvalue weighted by Gasteiger charge is 2.41. The van der Waals surface area contributed by atoms with Gasteiger partial charge in [-0.1, -0.05) is 13.3 Å². The molecule has 0 bridgehead atoms. The summed E-state index contributed by atoms with van der Waals surface area (Å²) in [7, 11) is 0. The smallest absolute Gasteiger partial charge is 0.251 e. The van der Waals surface area contributed by atoms with Gasteiger partial charge in [-0.2, -0.15) is 0 Å². The van der Waals surface area contributed by atoms with Crippen molar-refractivity contribution in [3.63, 3.8) is 0 Å². The summed E-state index contributed by atoms with van der Waals surface area (Å²) in [5.74, 6) is 0.782. The zero-order valence-corrected chi connectivity index (χ0v) is 12.8. The van der Waals surface area contributed by atoms with Crippen LogP contribution in [-0.4, -0.2) is 24.0 Å². The van der Waals surface area contributed by atoms with Crippen LogP contribution in [0.3, 0.4) is 0 Å². The zero-order chi connectivity index (χ0) is 14.6. The molecule has 4 nitrogen and oxygen atoms in total. The molecule has 0 spiro atoms. The highest BCUT2D eigenvalue weighted by molar-refractivity contribution is 5.95. The molecule has 0 unspecified atom stereocenters. The fourth-order valence-corrected chi connectivity index (χ4v) is 2.66. The molecule has 20 heavy (non-hydrogen) atoms. The molecule has 0 aromatic carbocycles. The van der Waals surface area contributed by atoms with E-state index in [0.717, 1.165) is 24.6 Å². The molecule has 1 aliphatic carbocycles. The van der Waals surface area contributed by atoms with Crippen molar-refractivity contribution < 1.29 is 4.79 Å². The van der Waals surface area contributed by atoms with E-state index in [1.807, 2.05) is 26.0 Å². The number of rotatable bonds is 7. The Morgan fingerprint density at radius 2 is 2.10 bits per heavy atom. The summed E-state index contributed by atoms with van der Waals surface area (Å²) in [5.41, 5.74) is 1.95. The van der Waals surface area contributed by atoms with E-state index in [4.69, 9.17) is 0 Å². The molecule has 0 saturated heterocycles. The molecule has 1 aliphatic rings. The van der Waals surface area contributed by atoms with Crippen LogP contribution in [0.1, 0.15) is 55.6 Å². The third-order valence-corrected chi connectivity index (χ3v) is 3.93. The van der Waals surface area contributed by atoms with Gasteiger partial charge in [0.15, 0.2) is 0 Å². The number of nitrogens with one attached hydrogen (secondary N) is 2. The molecule has 1 heterocycles. The van der Waals surface area contributed by atoms with Crippen molar-refractivity contribution in [1.29, 1.82) is 0 Å². The maximum Gasteiger partial charge on any atom is 0.251 e. The van der Waals surface area contributed by atoms with Crippen molar-refractivity contribution in [2.45, 2.75) is 46.5 Å². The lowest BCUT2D eigenvalue weighted by atomic mass is 10.0. The van der Waals surface area contributed by atoms with Crippen LogP contribution in [0.5, 0.6) is 0 Å². The topological polar surface area (TPSA) is 54.0 Å². The van der Waals surface area contributed by atoms with Crippen molar-refractivity contribution in [2.24, 2.45) is 5.41 Å². The lowest BCUT2D eigenvalue weighted by Crippen LogP contribution is -2.30. The summed E-state index contributed by atoms with van der Waals surface area (Å²) >= 11 is 0. The highest BCUT2D eigenvalue weighted by Crippen LogP contribution is 2.48. The van der Waals surface area contributed by atoms with Gasteiger partial charge in [-0.3, -0.25) is 4.79 Å². The molecule has 1 fully saturated rings. The first-order valence-electron chi connectivity index (χ1n) is 7.59. The maximum atomic E-state index is 12.3. The van der Waals surface area contributed by atoms with Crippen molar-refractivity contribution >= 4 is 11.7 Å². The second-order valence-electron chi connectivity index (χ2n) is 5.85. The Hall–Kier alpha value is -1.58. The predicted molar refractivity (Wildman–Crippen MR) is 82.0 cm³/mol. The van der Waals surface area contributed by atoms with Gasteiger partial charge < -0.3 is 10.6 Å². The summed E-state index contributed by atoms with van der Waals surface area (Å²) < 4.78 is 0. The van der Waals surface area contributed by atoms with Crippen LogP contribution < -0.4 is 10.6 Å². The van der Waals surface area contributed by atoms with Crippen LogP contribution in [0, 0.1) is 12.3 Å². The molecule has 2 rings (SSSR count). The monoisotopic (exact) mass is 275 g/mol. The predicted octanol–water partition coefficient (Wildman–Crippen LogP) is 3.13.